The second-order valence-electron chi connectivity index (χ2n) is 10.4. The van der Waals surface area contributed by atoms with E-state index in [1.807, 2.05) is 0 Å². The molecule has 33 heavy (non-hydrogen) atoms. The number of unbranched alkanes of at least 4 members (excludes halogenated alkanes) is 12. The first kappa shape index (κ1) is 32.9. The van der Waals surface area contributed by atoms with E-state index < -0.39 is 10.4 Å². The maximum Gasteiger partial charge on any atom is 0.399 e. The lowest BCUT2D eigenvalue weighted by atomic mass is 9.96. The highest BCUT2D eigenvalue weighted by Gasteiger charge is 2.11. The van der Waals surface area contributed by atoms with Crippen molar-refractivity contribution in [2.45, 2.75) is 156 Å². The van der Waals surface area contributed by atoms with E-state index >= 15 is 0 Å². The molecule has 4 nitrogen and oxygen atoms in total. The summed E-state index contributed by atoms with van der Waals surface area (Å²) in [7, 11) is -3.82. The van der Waals surface area contributed by atoms with Crippen molar-refractivity contribution in [3.63, 3.8) is 0 Å². The summed E-state index contributed by atoms with van der Waals surface area (Å²) < 4.78 is 33.6. The zero-order valence-electron chi connectivity index (χ0n) is 22.8. The van der Waals surface area contributed by atoms with E-state index in [4.69, 9.17) is 8.37 Å². The molecule has 0 bridgehead atoms. The molecule has 0 aliphatic carbocycles. The lowest BCUT2D eigenvalue weighted by molar-refractivity contribution is 0.207. The van der Waals surface area contributed by atoms with Gasteiger partial charge in [0.05, 0.1) is 13.2 Å². The summed E-state index contributed by atoms with van der Waals surface area (Å²) in [6.45, 7) is 9.73. The van der Waals surface area contributed by atoms with Crippen molar-refractivity contribution in [3.8, 4) is 0 Å². The van der Waals surface area contributed by atoms with Gasteiger partial charge < -0.3 is 0 Å². The van der Waals surface area contributed by atoms with Crippen LogP contribution < -0.4 is 0 Å². The fraction of sp³-hybridized carbons (Fsp3) is 1.00. The molecule has 0 N–H and O–H groups in total. The van der Waals surface area contributed by atoms with E-state index in [0.29, 0.717) is 0 Å². The molecule has 0 aromatic heterocycles. The van der Waals surface area contributed by atoms with Crippen LogP contribution in [0.5, 0.6) is 0 Å². The van der Waals surface area contributed by atoms with Crippen LogP contribution >= 0.6 is 0 Å². The van der Waals surface area contributed by atoms with E-state index in [2.05, 4.69) is 27.7 Å². The van der Waals surface area contributed by atoms with Gasteiger partial charge in [-0.15, -0.1) is 0 Å². The molecule has 0 spiro atoms. The van der Waals surface area contributed by atoms with E-state index in [9.17, 15) is 8.42 Å². The Morgan fingerprint density at radius 2 is 0.788 bits per heavy atom. The molecular formula is C28H58O4S. The lowest BCUT2D eigenvalue weighted by Crippen LogP contribution is -2.12. The number of hydrogen-bond donors (Lipinski definition) is 0. The predicted octanol–water partition coefficient (Wildman–Crippen LogP) is 9.38. The van der Waals surface area contributed by atoms with Gasteiger partial charge in [-0.25, -0.2) is 8.37 Å². The van der Waals surface area contributed by atoms with Gasteiger partial charge in [0.2, 0.25) is 0 Å². The smallest absolute Gasteiger partial charge is 0.248 e. The maximum atomic E-state index is 11.8. The summed E-state index contributed by atoms with van der Waals surface area (Å²) in [5.41, 5.74) is 0. The molecule has 0 saturated heterocycles. The molecule has 0 rings (SSSR count). The zero-order valence-corrected chi connectivity index (χ0v) is 23.6. The molecule has 2 atom stereocenters. The standard InChI is InChI=1S/C28H58O4S/c1-5-7-15-21-27(3)23-17-11-9-13-19-25-31-33(29,30)32-26-20-14-10-12-18-24-28(4)22-16-8-6-2/h27-28H,5-26H2,1-4H3. The van der Waals surface area contributed by atoms with Crippen molar-refractivity contribution in [1.29, 1.82) is 0 Å². The van der Waals surface area contributed by atoms with Crippen LogP contribution in [0.2, 0.25) is 0 Å². The minimum absolute atomic E-state index is 0.242. The minimum atomic E-state index is -3.82. The molecule has 0 radical (unpaired) electrons. The van der Waals surface area contributed by atoms with Crippen molar-refractivity contribution >= 4 is 10.4 Å². The fourth-order valence-electron chi connectivity index (χ4n) is 4.38. The van der Waals surface area contributed by atoms with Gasteiger partial charge in [0, 0.05) is 0 Å². The molecule has 0 aliphatic rings. The maximum absolute atomic E-state index is 11.8. The van der Waals surface area contributed by atoms with Gasteiger partial charge in [-0.05, 0) is 24.7 Å². The quantitative estimate of drug-likeness (QED) is 0.113. The van der Waals surface area contributed by atoms with E-state index in [1.54, 1.807) is 0 Å². The summed E-state index contributed by atoms with van der Waals surface area (Å²) in [5.74, 6) is 1.68. The van der Waals surface area contributed by atoms with Crippen molar-refractivity contribution in [2.24, 2.45) is 11.8 Å². The normalized spacial score (nSPS) is 13.9. The summed E-state index contributed by atoms with van der Waals surface area (Å²) in [6.07, 6.45) is 24.4. The summed E-state index contributed by atoms with van der Waals surface area (Å²) >= 11 is 0. The molecule has 0 fully saturated rings. The highest BCUT2D eigenvalue weighted by Crippen LogP contribution is 2.18. The monoisotopic (exact) mass is 490 g/mol. The van der Waals surface area contributed by atoms with Crippen LogP contribution in [-0.4, -0.2) is 21.6 Å². The second-order valence-corrected chi connectivity index (χ2v) is 11.7. The molecule has 0 amide bonds. The molecule has 0 saturated carbocycles. The molecule has 2 unspecified atom stereocenters. The van der Waals surface area contributed by atoms with E-state index in [1.165, 1.54) is 89.9 Å². The first-order valence-electron chi connectivity index (χ1n) is 14.4. The van der Waals surface area contributed by atoms with Crippen molar-refractivity contribution in [1.82, 2.24) is 0 Å². The van der Waals surface area contributed by atoms with Crippen LogP contribution in [-0.2, 0) is 18.8 Å². The van der Waals surface area contributed by atoms with Crippen LogP contribution in [0.25, 0.3) is 0 Å². The van der Waals surface area contributed by atoms with Crippen LogP contribution in [0.4, 0.5) is 0 Å². The summed E-state index contributed by atoms with van der Waals surface area (Å²) in [5, 5.41) is 0. The first-order chi connectivity index (χ1) is 15.9. The van der Waals surface area contributed by atoms with Crippen LogP contribution in [0, 0.1) is 11.8 Å². The average molecular weight is 491 g/mol. The molecule has 0 aromatic carbocycles. The van der Waals surface area contributed by atoms with Gasteiger partial charge in [-0.1, -0.05) is 143 Å². The van der Waals surface area contributed by atoms with E-state index in [-0.39, 0.29) is 13.2 Å². The Balaban J connectivity index is 3.46. The molecule has 0 heterocycles. The molecule has 0 aliphatic heterocycles. The zero-order chi connectivity index (χ0) is 24.6. The SMILES string of the molecule is CCCCCC(C)CCCCCCCOS(=O)(=O)OCCCCCCCC(C)CCCCC. The van der Waals surface area contributed by atoms with Gasteiger partial charge in [0.15, 0.2) is 0 Å². The lowest BCUT2D eigenvalue weighted by Gasteiger charge is -2.11. The number of rotatable bonds is 26. The average Bonchev–Trinajstić information content (AvgIpc) is 2.77. The molecule has 0 aromatic rings. The van der Waals surface area contributed by atoms with Gasteiger partial charge in [-0.3, -0.25) is 0 Å². The Kier molecular flexibility index (Phi) is 23.5. The van der Waals surface area contributed by atoms with Gasteiger partial charge in [0.25, 0.3) is 0 Å². The van der Waals surface area contributed by atoms with Crippen LogP contribution in [0.1, 0.15) is 156 Å². The Morgan fingerprint density at radius 3 is 1.15 bits per heavy atom. The third-order valence-corrected chi connectivity index (χ3v) is 7.65. The van der Waals surface area contributed by atoms with E-state index in [0.717, 1.165) is 50.4 Å². The van der Waals surface area contributed by atoms with Gasteiger partial charge in [-0.2, -0.15) is 8.42 Å². The third kappa shape index (κ3) is 24.8. The molecular weight excluding hydrogens is 432 g/mol. The fourth-order valence-corrected chi connectivity index (χ4v) is 5.09. The molecule has 5 heteroatoms. The molecule has 200 valence electrons. The summed E-state index contributed by atoms with van der Waals surface area (Å²) in [4.78, 5) is 0. The Hall–Kier alpha value is -0.130. The number of hydrogen-bond acceptors (Lipinski definition) is 4. The van der Waals surface area contributed by atoms with Crippen molar-refractivity contribution in [3.05, 3.63) is 0 Å². The van der Waals surface area contributed by atoms with Gasteiger partial charge >= 0.3 is 10.4 Å². The van der Waals surface area contributed by atoms with Crippen LogP contribution in [0.3, 0.4) is 0 Å². The van der Waals surface area contributed by atoms with Crippen LogP contribution in [0.15, 0.2) is 0 Å². The second kappa shape index (κ2) is 23.6. The third-order valence-electron chi connectivity index (χ3n) is 6.74. The highest BCUT2D eigenvalue weighted by atomic mass is 32.3. The minimum Gasteiger partial charge on any atom is -0.248 e. The van der Waals surface area contributed by atoms with Crippen molar-refractivity contribution in [2.75, 3.05) is 13.2 Å². The Bertz CT molecular complexity index is 454. The largest absolute Gasteiger partial charge is 0.399 e. The Morgan fingerprint density at radius 1 is 0.485 bits per heavy atom. The first-order valence-corrected chi connectivity index (χ1v) is 15.8. The van der Waals surface area contributed by atoms with Crippen molar-refractivity contribution < 1.29 is 16.8 Å². The predicted molar refractivity (Wildman–Crippen MR) is 143 cm³/mol. The summed E-state index contributed by atoms with van der Waals surface area (Å²) in [6, 6.07) is 0. The Labute approximate surface area is 208 Å². The topological polar surface area (TPSA) is 52.6 Å². The van der Waals surface area contributed by atoms with Gasteiger partial charge in [0.1, 0.15) is 0 Å². The highest BCUT2D eigenvalue weighted by molar-refractivity contribution is 7.81.